The Morgan fingerprint density at radius 2 is 1.95 bits per heavy atom. The number of hydrogen-bond donors (Lipinski definition) is 0. The van der Waals surface area contributed by atoms with E-state index in [0.29, 0.717) is 26.4 Å². The fourth-order valence-corrected chi connectivity index (χ4v) is 2.98. The van der Waals surface area contributed by atoms with Gasteiger partial charge in [-0.25, -0.2) is 4.98 Å². The van der Waals surface area contributed by atoms with Gasteiger partial charge in [0.05, 0.1) is 5.69 Å². The fraction of sp³-hybridized carbons (Fsp3) is 0.0769. The van der Waals surface area contributed by atoms with Crippen LogP contribution in [0.15, 0.2) is 40.6 Å². The van der Waals surface area contributed by atoms with Crippen LogP contribution in [0.1, 0.15) is 5.69 Å². The van der Waals surface area contributed by atoms with Crippen molar-refractivity contribution in [1.82, 2.24) is 9.38 Å². The molecule has 0 N–H and O–H groups in total. The molecule has 0 saturated carbocycles. The third-order valence-corrected chi connectivity index (χ3v) is 3.77. The molecule has 4 nitrogen and oxygen atoms in total. The molecule has 0 unspecified atom stereocenters. The minimum Gasteiger partial charge on any atom is -0.487 e. The molecule has 0 amide bonds. The topological polar surface area (TPSA) is 43.6 Å². The Bertz CT molecular complexity index is 808. The molecule has 0 atom stereocenters. The van der Waals surface area contributed by atoms with Crippen LogP contribution in [-0.4, -0.2) is 9.38 Å². The van der Waals surface area contributed by atoms with Crippen LogP contribution in [0.4, 0.5) is 0 Å². The first-order valence-corrected chi connectivity index (χ1v) is 7.30. The zero-order valence-electron chi connectivity index (χ0n) is 10.0. The standard InChI is InChI=1S/C13H8Cl2N2O2S/c14-8-3-9(15)5-11(4-8)19-7-10-6-12(18)17-1-2-20-13(17)16-10/h1-6H,7H2. The largest absolute Gasteiger partial charge is 0.487 e. The number of thiazole rings is 1. The molecule has 0 spiro atoms. The molecular weight excluding hydrogens is 319 g/mol. The van der Waals surface area contributed by atoms with Crippen LogP contribution in [-0.2, 0) is 6.61 Å². The molecule has 0 aliphatic carbocycles. The summed E-state index contributed by atoms with van der Waals surface area (Å²) in [4.78, 5) is 16.8. The summed E-state index contributed by atoms with van der Waals surface area (Å²) in [7, 11) is 0. The van der Waals surface area contributed by atoms with E-state index >= 15 is 0 Å². The predicted octanol–water partition coefficient (Wildman–Crippen LogP) is 3.64. The van der Waals surface area contributed by atoms with E-state index in [1.807, 2.05) is 5.38 Å². The van der Waals surface area contributed by atoms with E-state index in [-0.39, 0.29) is 12.2 Å². The van der Waals surface area contributed by atoms with Gasteiger partial charge in [0, 0.05) is 27.7 Å². The van der Waals surface area contributed by atoms with Crippen molar-refractivity contribution >= 4 is 39.5 Å². The minimum absolute atomic E-state index is 0.126. The first-order chi connectivity index (χ1) is 9.61. The SMILES string of the molecule is O=c1cc(COc2cc(Cl)cc(Cl)c2)nc2sccn12. The average Bonchev–Trinajstić information content (AvgIpc) is 2.84. The van der Waals surface area contributed by atoms with Gasteiger partial charge in [0.25, 0.3) is 5.56 Å². The molecule has 0 saturated heterocycles. The van der Waals surface area contributed by atoms with E-state index in [1.54, 1.807) is 24.4 Å². The van der Waals surface area contributed by atoms with Crippen molar-refractivity contribution in [1.29, 1.82) is 0 Å². The number of halogens is 2. The van der Waals surface area contributed by atoms with Gasteiger partial charge in [-0.15, -0.1) is 11.3 Å². The highest BCUT2D eigenvalue weighted by molar-refractivity contribution is 7.15. The summed E-state index contributed by atoms with van der Waals surface area (Å²) in [6.07, 6.45) is 1.69. The van der Waals surface area contributed by atoms with Gasteiger partial charge in [0.15, 0.2) is 4.96 Å². The van der Waals surface area contributed by atoms with Gasteiger partial charge in [-0.2, -0.15) is 0 Å². The third-order valence-electron chi connectivity index (χ3n) is 2.58. The molecule has 0 fully saturated rings. The van der Waals surface area contributed by atoms with Crippen molar-refractivity contribution in [2.75, 3.05) is 0 Å². The third kappa shape index (κ3) is 2.80. The summed E-state index contributed by atoms with van der Waals surface area (Å²) in [6.45, 7) is 0.181. The Balaban J connectivity index is 1.84. The zero-order chi connectivity index (χ0) is 14.1. The van der Waals surface area contributed by atoms with Gasteiger partial charge in [0.1, 0.15) is 12.4 Å². The van der Waals surface area contributed by atoms with Crippen molar-refractivity contribution < 1.29 is 4.74 Å². The highest BCUT2D eigenvalue weighted by Gasteiger charge is 2.05. The molecule has 0 aliphatic rings. The lowest BCUT2D eigenvalue weighted by Gasteiger charge is -2.06. The van der Waals surface area contributed by atoms with Crippen LogP contribution in [0, 0.1) is 0 Å². The van der Waals surface area contributed by atoms with Crippen LogP contribution in [0.2, 0.25) is 10.0 Å². The van der Waals surface area contributed by atoms with Crippen LogP contribution in [0.25, 0.3) is 4.96 Å². The second-order valence-corrected chi connectivity index (χ2v) is 5.78. The highest BCUT2D eigenvalue weighted by Crippen LogP contribution is 2.24. The Morgan fingerprint density at radius 1 is 1.20 bits per heavy atom. The molecule has 7 heteroatoms. The van der Waals surface area contributed by atoms with Gasteiger partial charge in [0.2, 0.25) is 0 Å². The minimum atomic E-state index is -0.126. The van der Waals surface area contributed by atoms with Gasteiger partial charge in [-0.3, -0.25) is 9.20 Å². The highest BCUT2D eigenvalue weighted by atomic mass is 35.5. The van der Waals surface area contributed by atoms with Gasteiger partial charge >= 0.3 is 0 Å². The molecule has 1 aromatic carbocycles. The number of hydrogen-bond acceptors (Lipinski definition) is 4. The number of benzene rings is 1. The Hall–Kier alpha value is -1.56. The van der Waals surface area contributed by atoms with Gasteiger partial charge < -0.3 is 4.74 Å². The van der Waals surface area contributed by atoms with E-state index < -0.39 is 0 Å². The summed E-state index contributed by atoms with van der Waals surface area (Å²) >= 11 is 13.2. The number of aromatic nitrogens is 2. The molecule has 0 radical (unpaired) electrons. The lowest BCUT2D eigenvalue weighted by Crippen LogP contribution is -2.14. The van der Waals surface area contributed by atoms with E-state index in [9.17, 15) is 4.79 Å². The molecule has 2 aromatic heterocycles. The van der Waals surface area contributed by atoms with Crippen molar-refractivity contribution in [2.45, 2.75) is 6.61 Å². The van der Waals surface area contributed by atoms with Gasteiger partial charge in [-0.05, 0) is 18.2 Å². The van der Waals surface area contributed by atoms with Crippen molar-refractivity contribution in [3.63, 3.8) is 0 Å². The summed E-state index contributed by atoms with van der Waals surface area (Å²) in [5.41, 5.74) is 0.438. The van der Waals surface area contributed by atoms with Gasteiger partial charge in [-0.1, -0.05) is 23.2 Å². The molecule has 3 aromatic rings. The molecule has 102 valence electrons. The molecule has 2 heterocycles. The second-order valence-electron chi connectivity index (χ2n) is 4.04. The van der Waals surface area contributed by atoms with Crippen LogP contribution in [0.5, 0.6) is 5.75 Å². The molecule has 3 rings (SSSR count). The Kier molecular flexibility index (Phi) is 3.65. The maximum atomic E-state index is 11.8. The maximum absolute atomic E-state index is 11.8. The number of fused-ring (bicyclic) bond motifs is 1. The normalized spacial score (nSPS) is 10.9. The monoisotopic (exact) mass is 326 g/mol. The van der Waals surface area contributed by atoms with E-state index in [1.165, 1.54) is 21.8 Å². The average molecular weight is 327 g/mol. The fourth-order valence-electron chi connectivity index (χ4n) is 1.73. The Labute approximate surface area is 128 Å². The first kappa shape index (κ1) is 13.4. The lowest BCUT2D eigenvalue weighted by atomic mass is 10.3. The van der Waals surface area contributed by atoms with Crippen molar-refractivity contribution in [3.05, 3.63) is 61.9 Å². The van der Waals surface area contributed by atoms with E-state index in [4.69, 9.17) is 27.9 Å². The molecule has 0 aliphatic heterocycles. The van der Waals surface area contributed by atoms with Crippen molar-refractivity contribution in [3.8, 4) is 5.75 Å². The molecular formula is C13H8Cl2N2O2S. The Morgan fingerprint density at radius 3 is 2.70 bits per heavy atom. The quantitative estimate of drug-likeness (QED) is 0.738. The number of ether oxygens (including phenoxy) is 1. The van der Waals surface area contributed by atoms with Crippen LogP contribution >= 0.6 is 34.5 Å². The summed E-state index contributed by atoms with van der Waals surface area (Å²) in [5, 5.41) is 2.80. The van der Waals surface area contributed by atoms with Crippen molar-refractivity contribution in [2.24, 2.45) is 0 Å². The van der Waals surface area contributed by atoms with Crippen LogP contribution < -0.4 is 10.3 Å². The second kappa shape index (κ2) is 5.44. The van der Waals surface area contributed by atoms with E-state index in [0.717, 1.165) is 0 Å². The van der Waals surface area contributed by atoms with Crippen LogP contribution in [0.3, 0.4) is 0 Å². The lowest BCUT2D eigenvalue weighted by molar-refractivity contribution is 0.301. The smallest absolute Gasteiger partial charge is 0.258 e. The first-order valence-electron chi connectivity index (χ1n) is 5.66. The predicted molar refractivity (Wildman–Crippen MR) is 80.1 cm³/mol. The summed E-state index contributed by atoms with van der Waals surface area (Å²) in [5.74, 6) is 0.538. The maximum Gasteiger partial charge on any atom is 0.258 e. The zero-order valence-corrected chi connectivity index (χ0v) is 12.4. The van der Waals surface area contributed by atoms with E-state index in [2.05, 4.69) is 4.98 Å². The molecule has 20 heavy (non-hydrogen) atoms. The summed E-state index contributed by atoms with van der Waals surface area (Å²) in [6, 6.07) is 6.39. The number of rotatable bonds is 3. The molecule has 0 bridgehead atoms. The number of nitrogens with zero attached hydrogens (tertiary/aromatic N) is 2. The summed E-state index contributed by atoms with van der Waals surface area (Å²) < 4.78 is 7.05.